The maximum absolute atomic E-state index is 11.3. The molecule has 0 aliphatic carbocycles. The number of hydrogen-bond acceptors (Lipinski definition) is 4. The van der Waals surface area contributed by atoms with Gasteiger partial charge in [0.25, 0.3) is 0 Å². The Labute approximate surface area is 78.5 Å². The summed E-state index contributed by atoms with van der Waals surface area (Å²) in [6.45, 7) is 6.23. The number of carbonyl (C=O) groups is 1. The fourth-order valence-corrected chi connectivity index (χ4v) is 1.01. The molecule has 0 heterocycles. The lowest BCUT2D eigenvalue weighted by Gasteiger charge is -2.18. The fraction of sp³-hybridized carbons (Fsp3) is 0.857. The van der Waals surface area contributed by atoms with Crippen molar-refractivity contribution < 1.29 is 17.9 Å². The van der Waals surface area contributed by atoms with Gasteiger partial charge in [0.15, 0.2) is 0 Å². The van der Waals surface area contributed by atoms with Crippen molar-refractivity contribution in [1.29, 1.82) is 0 Å². The predicted octanol–water partition coefficient (Wildman–Crippen LogP) is 0.861. The summed E-state index contributed by atoms with van der Waals surface area (Å²) in [5.74, 6) is 0. The summed E-state index contributed by atoms with van der Waals surface area (Å²) < 4.78 is 27.9. The summed E-state index contributed by atoms with van der Waals surface area (Å²) in [4.78, 5) is 10.8. The topological polar surface area (TPSA) is 72.5 Å². The van der Waals surface area contributed by atoms with Crippen molar-refractivity contribution in [1.82, 2.24) is 4.72 Å². The first-order valence-corrected chi connectivity index (χ1v) is 5.38. The highest BCUT2D eigenvalue weighted by molar-refractivity contribution is 7.91. The van der Waals surface area contributed by atoms with Crippen molar-refractivity contribution in [3.05, 3.63) is 0 Å². The molecule has 1 amide bonds. The molecule has 0 aliphatic rings. The highest BCUT2D eigenvalue weighted by Crippen LogP contribution is 2.12. The molecule has 0 rings (SSSR count). The Balaban J connectivity index is 4.46. The number of rotatable bonds is 2. The molecule has 0 atom stereocenters. The minimum Gasteiger partial charge on any atom is -0.449 e. The lowest BCUT2D eigenvalue weighted by molar-refractivity contribution is 0.158. The summed E-state index contributed by atoms with van der Waals surface area (Å²) in [7, 11) is -3.64. The molecule has 0 aromatic carbocycles. The summed E-state index contributed by atoms with van der Waals surface area (Å²) in [6, 6.07) is 0. The third kappa shape index (κ3) is 3.63. The van der Waals surface area contributed by atoms with E-state index in [9.17, 15) is 13.2 Å². The third-order valence-electron chi connectivity index (χ3n) is 1.30. The van der Waals surface area contributed by atoms with Crippen molar-refractivity contribution >= 4 is 16.1 Å². The summed E-state index contributed by atoms with van der Waals surface area (Å²) in [5.41, 5.74) is 0. The molecule has 0 bridgehead atoms. The summed E-state index contributed by atoms with van der Waals surface area (Å²) >= 11 is 0. The molecule has 13 heavy (non-hydrogen) atoms. The largest absolute Gasteiger partial charge is 0.449 e. The van der Waals surface area contributed by atoms with Crippen LogP contribution in [0.4, 0.5) is 4.79 Å². The van der Waals surface area contributed by atoms with E-state index in [1.165, 1.54) is 20.8 Å². The van der Waals surface area contributed by atoms with Crippen LogP contribution >= 0.6 is 0 Å². The number of carbonyl (C=O) groups excluding carboxylic acids is 1. The molecule has 0 unspecified atom stereocenters. The van der Waals surface area contributed by atoms with Gasteiger partial charge in [-0.25, -0.2) is 17.9 Å². The summed E-state index contributed by atoms with van der Waals surface area (Å²) in [5, 5.41) is 0. The molecule has 6 heteroatoms. The van der Waals surface area contributed by atoms with Crippen LogP contribution in [0.2, 0.25) is 0 Å². The molecule has 1 N–H and O–H groups in total. The van der Waals surface area contributed by atoms with Crippen LogP contribution < -0.4 is 4.72 Å². The van der Waals surface area contributed by atoms with E-state index in [0.29, 0.717) is 0 Å². The van der Waals surface area contributed by atoms with Crippen molar-refractivity contribution in [2.24, 2.45) is 0 Å². The van der Waals surface area contributed by atoms with E-state index in [2.05, 4.69) is 4.74 Å². The van der Waals surface area contributed by atoms with Gasteiger partial charge in [0, 0.05) is 0 Å². The van der Waals surface area contributed by atoms with Gasteiger partial charge in [0.2, 0.25) is 10.0 Å². The van der Waals surface area contributed by atoms with E-state index in [1.54, 1.807) is 6.92 Å². The monoisotopic (exact) mass is 209 g/mol. The average molecular weight is 209 g/mol. The Bertz CT molecular complexity index is 275. The maximum Gasteiger partial charge on any atom is 0.420 e. The Morgan fingerprint density at radius 1 is 1.38 bits per heavy atom. The maximum atomic E-state index is 11.3. The predicted molar refractivity (Wildman–Crippen MR) is 48.8 cm³/mol. The zero-order chi connectivity index (χ0) is 10.7. The highest BCUT2D eigenvalue weighted by Gasteiger charge is 2.30. The van der Waals surface area contributed by atoms with Crippen molar-refractivity contribution in [2.75, 3.05) is 6.61 Å². The molecule has 0 saturated heterocycles. The Morgan fingerprint density at radius 2 is 1.85 bits per heavy atom. The Morgan fingerprint density at radius 3 is 2.15 bits per heavy atom. The molecule has 5 nitrogen and oxygen atoms in total. The average Bonchev–Trinajstić information content (AvgIpc) is 1.83. The van der Waals surface area contributed by atoms with Gasteiger partial charge >= 0.3 is 6.09 Å². The van der Waals surface area contributed by atoms with E-state index in [1.807, 2.05) is 4.72 Å². The van der Waals surface area contributed by atoms with Crippen LogP contribution in [0, 0.1) is 0 Å². The molecule has 0 fully saturated rings. The number of nitrogens with one attached hydrogen (secondary N) is 1. The zero-order valence-electron chi connectivity index (χ0n) is 8.25. The zero-order valence-corrected chi connectivity index (χ0v) is 9.06. The quantitative estimate of drug-likeness (QED) is 0.732. The summed E-state index contributed by atoms with van der Waals surface area (Å²) in [6.07, 6.45) is -0.933. The fourth-order valence-electron chi connectivity index (χ4n) is 0.423. The van der Waals surface area contributed by atoms with Gasteiger partial charge in [-0.1, -0.05) is 0 Å². The van der Waals surface area contributed by atoms with Crippen LogP contribution in [-0.4, -0.2) is 25.9 Å². The van der Waals surface area contributed by atoms with Gasteiger partial charge in [0.05, 0.1) is 11.4 Å². The van der Waals surface area contributed by atoms with Crippen molar-refractivity contribution in [3.8, 4) is 0 Å². The van der Waals surface area contributed by atoms with E-state index in [0.717, 1.165) is 0 Å². The van der Waals surface area contributed by atoms with Gasteiger partial charge in [-0.15, -0.1) is 0 Å². The van der Waals surface area contributed by atoms with Crippen molar-refractivity contribution in [3.63, 3.8) is 0 Å². The van der Waals surface area contributed by atoms with Gasteiger partial charge in [-0.05, 0) is 27.7 Å². The second-order valence-electron chi connectivity index (χ2n) is 3.44. The van der Waals surface area contributed by atoms with Crippen LogP contribution in [0.25, 0.3) is 0 Å². The molecule has 0 aromatic heterocycles. The van der Waals surface area contributed by atoms with Crippen LogP contribution in [0.1, 0.15) is 27.7 Å². The smallest absolute Gasteiger partial charge is 0.420 e. The standard InChI is InChI=1S/C7H15NO4S/c1-5-12-6(9)8-13(10,11)7(2,3)4/h5H2,1-4H3,(H,8,9). The Hall–Kier alpha value is -0.780. The second kappa shape index (κ2) is 3.95. The number of amides is 1. The first kappa shape index (κ1) is 12.2. The number of sulfonamides is 1. The van der Waals surface area contributed by atoms with E-state index in [4.69, 9.17) is 0 Å². The molecular weight excluding hydrogens is 194 g/mol. The number of ether oxygens (including phenoxy) is 1. The van der Waals surface area contributed by atoms with Gasteiger partial charge in [-0.2, -0.15) is 0 Å². The number of hydrogen-bond donors (Lipinski definition) is 1. The lowest BCUT2D eigenvalue weighted by Crippen LogP contribution is -2.42. The lowest BCUT2D eigenvalue weighted by atomic mass is 10.3. The van der Waals surface area contributed by atoms with E-state index in [-0.39, 0.29) is 6.61 Å². The molecule has 0 saturated carbocycles. The van der Waals surface area contributed by atoms with Crippen LogP contribution in [0.3, 0.4) is 0 Å². The Kier molecular flexibility index (Phi) is 3.71. The van der Waals surface area contributed by atoms with E-state index < -0.39 is 20.9 Å². The SMILES string of the molecule is CCOC(=O)NS(=O)(=O)C(C)(C)C. The normalized spacial score (nSPS) is 12.3. The molecular formula is C7H15NO4S. The van der Waals surface area contributed by atoms with Crippen molar-refractivity contribution in [2.45, 2.75) is 32.4 Å². The minimum atomic E-state index is -3.64. The van der Waals surface area contributed by atoms with Crippen LogP contribution in [-0.2, 0) is 14.8 Å². The first-order chi connectivity index (χ1) is 5.70. The highest BCUT2D eigenvalue weighted by atomic mass is 32.2. The van der Waals surface area contributed by atoms with Gasteiger partial charge < -0.3 is 4.74 Å². The third-order valence-corrected chi connectivity index (χ3v) is 3.35. The van der Waals surface area contributed by atoms with Gasteiger partial charge in [0.1, 0.15) is 0 Å². The van der Waals surface area contributed by atoms with Crippen LogP contribution in [0.15, 0.2) is 0 Å². The second-order valence-corrected chi connectivity index (χ2v) is 5.87. The van der Waals surface area contributed by atoms with Crippen LogP contribution in [0.5, 0.6) is 0 Å². The molecule has 0 aromatic rings. The molecule has 0 radical (unpaired) electrons. The van der Waals surface area contributed by atoms with Gasteiger partial charge in [-0.3, -0.25) is 0 Å². The van der Waals surface area contributed by atoms with E-state index >= 15 is 0 Å². The first-order valence-electron chi connectivity index (χ1n) is 3.90. The molecule has 78 valence electrons. The molecule has 0 spiro atoms. The minimum absolute atomic E-state index is 0.144. The molecule has 0 aliphatic heterocycles.